The number of carbonyl (C=O) groups excluding carboxylic acids is 1. The third-order valence-corrected chi connectivity index (χ3v) is 12.6. The van der Waals surface area contributed by atoms with Crippen LogP contribution in [0.4, 0.5) is 26.3 Å². The Bertz CT molecular complexity index is 1900. The van der Waals surface area contributed by atoms with Gasteiger partial charge in [-0.15, -0.1) is 11.3 Å². The summed E-state index contributed by atoms with van der Waals surface area (Å²) in [5, 5.41) is 22.4. The number of carbonyl (C=O) groups is 2. The molecule has 0 radical (unpaired) electrons. The molecule has 1 amide bonds. The lowest BCUT2D eigenvalue weighted by molar-refractivity contribution is -0.175. The minimum atomic E-state index is -4.83. The van der Waals surface area contributed by atoms with Crippen molar-refractivity contribution in [3.05, 3.63) is 75.7 Å². The number of halogens is 6. The highest BCUT2D eigenvalue weighted by Crippen LogP contribution is 2.47. The summed E-state index contributed by atoms with van der Waals surface area (Å²) in [7, 11) is 0. The molecule has 2 aromatic heterocycles. The van der Waals surface area contributed by atoms with E-state index >= 15 is 4.79 Å². The molecule has 310 valence electrons. The summed E-state index contributed by atoms with van der Waals surface area (Å²) in [4.78, 5) is 36.9. The van der Waals surface area contributed by atoms with Gasteiger partial charge in [-0.2, -0.15) is 26.3 Å². The molecule has 17 heteroatoms. The van der Waals surface area contributed by atoms with Gasteiger partial charge in [0, 0.05) is 66.6 Å². The van der Waals surface area contributed by atoms with Crippen molar-refractivity contribution >= 4 is 29.9 Å². The van der Waals surface area contributed by atoms with Gasteiger partial charge in [-0.05, 0) is 70.2 Å². The van der Waals surface area contributed by atoms with Gasteiger partial charge in [-0.1, -0.05) is 31.5 Å². The molecule has 1 saturated carbocycles. The zero-order chi connectivity index (χ0) is 41.2. The zero-order valence-corrected chi connectivity index (χ0v) is 32.2. The highest BCUT2D eigenvalue weighted by Gasteiger charge is 2.57. The molecule has 6 rings (SSSR count). The highest BCUT2D eigenvalue weighted by atomic mass is 32.1. The molecule has 3 fully saturated rings. The predicted octanol–water partition coefficient (Wildman–Crippen LogP) is 8.15. The molecule has 57 heavy (non-hydrogen) atoms. The number of para-hydroxylation sites is 1. The molecule has 1 unspecified atom stereocenters. The monoisotopic (exact) mass is 824 g/mol. The molecule has 3 aromatic rings. The van der Waals surface area contributed by atoms with Gasteiger partial charge < -0.3 is 29.6 Å². The number of pyridine rings is 1. The second kappa shape index (κ2) is 16.9. The summed E-state index contributed by atoms with van der Waals surface area (Å²) in [5.41, 5.74) is -3.31. The zero-order valence-electron chi connectivity index (χ0n) is 31.4. The van der Waals surface area contributed by atoms with E-state index in [9.17, 15) is 41.4 Å². The van der Waals surface area contributed by atoms with Crippen LogP contribution in [0.5, 0.6) is 11.5 Å². The summed E-state index contributed by atoms with van der Waals surface area (Å²) in [6.07, 6.45) is -6.79. The van der Waals surface area contributed by atoms with Crippen LogP contribution in [-0.4, -0.2) is 87.5 Å². The lowest BCUT2D eigenvalue weighted by Crippen LogP contribution is -2.68. The van der Waals surface area contributed by atoms with E-state index in [1.54, 1.807) is 11.8 Å². The number of aliphatic imine (C=N–C) groups is 1. The Balaban J connectivity index is 1.34. The topological polar surface area (TPSA) is 125 Å². The Hall–Kier alpha value is -4.22. The minimum absolute atomic E-state index is 0.0291. The van der Waals surface area contributed by atoms with Crippen LogP contribution in [0, 0.1) is 5.92 Å². The van der Waals surface area contributed by atoms with Gasteiger partial charge in [-0.25, -0.2) is 0 Å². The number of carboxylic acids is 1. The second-order valence-corrected chi connectivity index (χ2v) is 16.1. The number of piperidine rings is 2. The Morgan fingerprint density at radius 2 is 1.81 bits per heavy atom. The standard InChI is InChI=1S/C40H46F6N4O6S/c1-3-7-32-38(56-27-21-33(57-23-27)40(44,45)46,13-6-17-50(32)34(51)28-22-48-16-12-29(28)39(41,42)43)36(54)49-18-14-37(15-19-49,24-47-2)30-8-4-5-9-31(30)55-26-11-10-25(20-26)35(52)53/h4-5,8-9,12,16,21-23,25-26,32,34,51H,2-3,6-7,10-11,13-15,17-20,24H2,1H3,(H,52,53)/t25-,26-,32-,34?,38+/m1/s1. The van der Waals surface area contributed by atoms with Crippen molar-refractivity contribution in [3.8, 4) is 11.5 Å². The molecule has 5 atom stereocenters. The van der Waals surface area contributed by atoms with E-state index in [1.807, 2.05) is 24.3 Å². The van der Waals surface area contributed by atoms with Crippen LogP contribution in [0.3, 0.4) is 0 Å². The number of aliphatic carboxylic acids is 1. The summed E-state index contributed by atoms with van der Waals surface area (Å²) >= 11 is 0.403. The average molecular weight is 825 g/mol. The summed E-state index contributed by atoms with van der Waals surface area (Å²) < 4.78 is 96.7. The second-order valence-electron chi connectivity index (χ2n) is 15.2. The molecule has 3 aliphatic rings. The molecule has 2 saturated heterocycles. The van der Waals surface area contributed by atoms with Gasteiger partial charge >= 0.3 is 18.3 Å². The number of hydrogen-bond donors (Lipinski definition) is 2. The molecule has 2 N–H and O–H groups in total. The number of nitrogens with zero attached hydrogens (tertiary/aromatic N) is 4. The molecule has 10 nitrogen and oxygen atoms in total. The predicted molar refractivity (Wildman–Crippen MR) is 199 cm³/mol. The number of amides is 1. The maximum absolute atomic E-state index is 15.2. The minimum Gasteiger partial charge on any atom is -0.490 e. The fourth-order valence-electron chi connectivity index (χ4n) is 8.86. The largest absolute Gasteiger partial charge is 0.490 e. The van der Waals surface area contributed by atoms with Crippen LogP contribution in [0.1, 0.15) is 92.5 Å². The number of carboxylic acid groups (broad SMARTS) is 1. The first-order valence-corrected chi connectivity index (χ1v) is 19.9. The van der Waals surface area contributed by atoms with E-state index in [0.29, 0.717) is 55.6 Å². The maximum Gasteiger partial charge on any atom is 0.425 e. The molecule has 1 aliphatic carbocycles. The molecule has 4 heterocycles. The number of hydrogen-bond acceptors (Lipinski definition) is 9. The summed E-state index contributed by atoms with van der Waals surface area (Å²) in [6, 6.07) is 7.97. The van der Waals surface area contributed by atoms with E-state index in [2.05, 4.69) is 16.7 Å². The number of ether oxygens (including phenoxy) is 2. The smallest absolute Gasteiger partial charge is 0.425 e. The highest BCUT2D eigenvalue weighted by molar-refractivity contribution is 7.10. The fraction of sp³-hybridized carbons (Fsp3) is 0.550. The van der Waals surface area contributed by atoms with Crippen LogP contribution < -0.4 is 9.47 Å². The SMILES string of the molecule is C=NCC1(c2ccccc2O[C@@H]2CC[C@@H](C(=O)O)C2)CCN(C(=O)[C@]2(Oc3csc(C(F)(F)F)c3)CCCN(C(O)c3cnccc3C(F)(F)F)[C@@H]2CCC)CC1. The van der Waals surface area contributed by atoms with E-state index in [1.165, 1.54) is 4.90 Å². The lowest BCUT2D eigenvalue weighted by atomic mass is 9.71. The van der Waals surface area contributed by atoms with Gasteiger partial charge in [0.05, 0.1) is 23.6 Å². The molecule has 2 aliphatic heterocycles. The van der Waals surface area contributed by atoms with Crippen molar-refractivity contribution < 1.29 is 55.6 Å². The van der Waals surface area contributed by atoms with E-state index in [0.717, 1.165) is 35.5 Å². The Morgan fingerprint density at radius 3 is 2.44 bits per heavy atom. The number of aliphatic hydroxyl groups is 1. The van der Waals surface area contributed by atoms with Gasteiger partial charge in [0.15, 0.2) is 0 Å². The molecular weight excluding hydrogens is 779 g/mol. The number of aromatic nitrogens is 1. The number of alkyl halides is 6. The Morgan fingerprint density at radius 1 is 1.07 bits per heavy atom. The number of thiophene rings is 1. The normalized spacial score (nSPS) is 24.8. The van der Waals surface area contributed by atoms with E-state index in [-0.39, 0.29) is 57.3 Å². The van der Waals surface area contributed by atoms with Crippen molar-refractivity contribution in [2.45, 2.75) is 106 Å². The number of likely N-dealkylation sites (tertiary alicyclic amines) is 2. The maximum atomic E-state index is 15.2. The molecule has 1 aromatic carbocycles. The lowest BCUT2D eigenvalue weighted by Gasteiger charge is -2.52. The number of rotatable bonds is 13. The third kappa shape index (κ3) is 8.80. The first-order valence-electron chi connectivity index (χ1n) is 19.0. The van der Waals surface area contributed by atoms with E-state index < -0.39 is 69.4 Å². The van der Waals surface area contributed by atoms with Crippen LogP contribution in [0.2, 0.25) is 0 Å². The van der Waals surface area contributed by atoms with Gasteiger partial charge in [-0.3, -0.25) is 19.5 Å². The van der Waals surface area contributed by atoms with E-state index in [4.69, 9.17) is 9.47 Å². The quantitative estimate of drug-likeness (QED) is 0.131. The van der Waals surface area contributed by atoms with Crippen molar-refractivity contribution in [3.63, 3.8) is 0 Å². The van der Waals surface area contributed by atoms with Crippen molar-refractivity contribution in [2.24, 2.45) is 10.9 Å². The number of benzene rings is 1. The van der Waals surface area contributed by atoms with Gasteiger partial charge in [0.25, 0.3) is 5.91 Å². The number of aliphatic hydroxyl groups excluding tert-OH is 1. The van der Waals surface area contributed by atoms with Crippen LogP contribution in [-0.2, 0) is 27.4 Å². The molecule has 0 spiro atoms. The van der Waals surface area contributed by atoms with Crippen LogP contribution >= 0.6 is 11.3 Å². The first kappa shape index (κ1) is 42.4. The first-order chi connectivity index (χ1) is 27.0. The average Bonchev–Trinajstić information content (AvgIpc) is 3.86. The Labute approximate surface area is 330 Å². The summed E-state index contributed by atoms with van der Waals surface area (Å²) in [6.45, 7) is 6.24. The fourth-order valence-corrected chi connectivity index (χ4v) is 9.54. The van der Waals surface area contributed by atoms with Gasteiger partial charge in [0.1, 0.15) is 22.6 Å². The molecule has 0 bridgehead atoms. The van der Waals surface area contributed by atoms with Crippen molar-refractivity contribution in [2.75, 3.05) is 26.2 Å². The van der Waals surface area contributed by atoms with Crippen molar-refractivity contribution in [1.82, 2.24) is 14.8 Å². The van der Waals surface area contributed by atoms with Gasteiger partial charge in [0.2, 0.25) is 5.60 Å². The van der Waals surface area contributed by atoms with Crippen LogP contribution in [0.25, 0.3) is 0 Å². The summed E-state index contributed by atoms with van der Waals surface area (Å²) in [5.74, 6) is -1.52. The molecular formula is C40H46F6N4O6S. The van der Waals surface area contributed by atoms with Crippen molar-refractivity contribution in [1.29, 1.82) is 0 Å². The third-order valence-electron chi connectivity index (χ3n) is 11.6. The van der Waals surface area contributed by atoms with Crippen LogP contribution in [0.15, 0.2) is 59.2 Å². The Kier molecular flexibility index (Phi) is 12.6.